The van der Waals surface area contributed by atoms with Crippen molar-refractivity contribution >= 4 is 57.5 Å². The summed E-state index contributed by atoms with van der Waals surface area (Å²) in [7, 11) is 0. The zero-order valence-electron chi connectivity index (χ0n) is 26.7. The average Bonchev–Trinajstić information content (AvgIpc) is 3.46. The Kier molecular flexibility index (Phi) is 8.85. The number of aromatic nitrogens is 2. The molecule has 0 unspecified atom stereocenters. The van der Waals surface area contributed by atoms with Crippen molar-refractivity contribution in [3.8, 4) is 0 Å². The molecule has 0 aliphatic carbocycles. The summed E-state index contributed by atoms with van der Waals surface area (Å²) >= 11 is 13.9. The first-order chi connectivity index (χ1) is 22.0. The molecule has 3 heterocycles. The number of aryl methyl sites for hydroxylation is 1. The van der Waals surface area contributed by atoms with E-state index in [1.165, 1.54) is 16.9 Å². The highest BCUT2D eigenvalue weighted by Crippen LogP contribution is 2.33. The van der Waals surface area contributed by atoms with Crippen LogP contribution in [0.5, 0.6) is 0 Å². The first-order valence-electron chi connectivity index (χ1n) is 15.3. The second-order valence-electron chi connectivity index (χ2n) is 12.0. The highest BCUT2D eigenvalue weighted by Gasteiger charge is 2.33. The molecule has 0 saturated heterocycles. The molecule has 0 spiro atoms. The van der Waals surface area contributed by atoms with Gasteiger partial charge >= 0.3 is 5.97 Å². The molecule has 236 valence electrons. The van der Waals surface area contributed by atoms with Gasteiger partial charge in [-0.15, -0.1) is 0 Å². The van der Waals surface area contributed by atoms with Crippen molar-refractivity contribution in [3.63, 3.8) is 0 Å². The normalized spacial score (nSPS) is 15.1. The first-order valence-corrected chi connectivity index (χ1v) is 16.9. The fourth-order valence-electron chi connectivity index (χ4n) is 6.13. The lowest BCUT2D eigenvalue weighted by atomic mass is 9.93. The van der Waals surface area contributed by atoms with Crippen LogP contribution >= 0.6 is 34.5 Å². The van der Waals surface area contributed by atoms with Gasteiger partial charge < -0.3 is 9.30 Å². The monoisotopic (exact) mass is 671 g/mol. The number of carbonyl (C=O) groups excluding carboxylic acids is 1. The summed E-state index contributed by atoms with van der Waals surface area (Å²) in [6.45, 7) is 12.8. The molecule has 0 radical (unpaired) electrons. The average molecular weight is 673 g/mol. The maximum atomic E-state index is 14.4. The van der Waals surface area contributed by atoms with Gasteiger partial charge in [0, 0.05) is 28.7 Å². The number of nitrogens with zero attached hydrogens (tertiary/aromatic N) is 3. The van der Waals surface area contributed by atoms with Gasteiger partial charge in [0.15, 0.2) is 4.80 Å². The van der Waals surface area contributed by atoms with E-state index < -0.39 is 12.0 Å². The number of ether oxygens (including phenoxy) is 1. The summed E-state index contributed by atoms with van der Waals surface area (Å²) in [4.78, 5) is 33.0. The van der Waals surface area contributed by atoms with Gasteiger partial charge in [-0.25, -0.2) is 9.79 Å². The molecule has 0 N–H and O–H groups in total. The Balaban J connectivity index is 1.54. The van der Waals surface area contributed by atoms with Crippen molar-refractivity contribution in [3.05, 3.63) is 135 Å². The van der Waals surface area contributed by atoms with Crippen LogP contribution in [0.2, 0.25) is 10.0 Å². The van der Waals surface area contributed by atoms with E-state index in [2.05, 4.69) is 62.6 Å². The molecule has 9 heteroatoms. The number of thiazole rings is 1. The van der Waals surface area contributed by atoms with E-state index in [4.69, 9.17) is 32.9 Å². The van der Waals surface area contributed by atoms with Gasteiger partial charge in [0.25, 0.3) is 5.56 Å². The minimum atomic E-state index is -0.655. The summed E-state index contributed by atoms with van der Waals surface area (Å²) in [5.74, 6) is -0.115. The number of allylic oxidation sites excluding steroid dienone is 1. The van der Waals surface area contributed by atoms with Crippen molar-refractivity contribution in [2.75, 3.05) is 6.61 Å². The van der Waals surface area contributed by atoms with Gasteiger partial charge in [-0.05, 0) is 80.6 Å². The van der Waals surface area contributed by atoms with Crippen molar-refractivity contribution < 1.29 is 9.53 Å². The van der Waals surface area contributed by atoms with Crippen molar-refractivity contribution in [1.82, 2.24) is 9.13 Å². The molecule has 0 amide bonds. The molecule has 0 saturated carbocycles. The number of rotatable bonds is 7. The van der Waals surface area contributed by atoms with E-state index in [1.54, 1.807) is 11.5 Å². The topological polar surface area (TPSA) is 65.6 Å². The van der Waals surface area contributed by atoms with Crippen LogP contribution in [0.4, 0.5) is 0 Å². The summed E-state index contributed by atoms with van der Waals surface area (Å²) in [6.07, 6.45) is 1.97. The first kappa shape index (κ1) is 32.0. The van der Waals surface area contributed by atoms with E-state index in [-0.39, 0.29) is 12.2 Å². The molecule has 3 aromatic carbocycles. The standard InChI is InChI=1S/C37H35Cl2N3O3S/c1-7-45-36(44)33-22(5)40-37-42(34(33)26-12-10-25(11-13-26)20(2)3)35(43)32(46-37)18-27-23(6)41(31-15-8-21(4)16-28(27)31)19-24-9-14-29(38)30(39)17-24/h8-18,20,34H,7,19H2,1-6H3/b32-18-/t34-/m1/s1. The quantitative estimate of drug-likeness (QED) is 0.166. The largest absolute Gasteiger partial charge is 0.463 e. The number of hydrogen-bond donors (Lipinski definition) is 0. The molecule has 0 bridgehead atoms. The molecule has 1 aliphatic rings. The minimum Gasteiger partial charge on any atom is -0.463 e. The molecular weight excluding hydrogens is 637 g/mol. The van der Waals surface area contributed by atoms with Gasteiger partial charge in [-0.2, -0.15) is 0 Å². The van der Waals surface area contributed by atoms with Crippen LogP contribution in [0.1, 0.15) is 73.2 Å². The Labute approximate surface area is 281 Å². The SMILES string of the molecule is CCOC(=O)C1=C(C)N=c2s/c(=C\c3c(C)n(Cc4ccc(Cl)c(Cl)c4)c4ccc(C)cc34)c(=O)n2[C@@H]1c1ccc(C(C)C)cc1. The molecule has 5 aromatic rings. The lowest BCUT2D eigenvalue weighted by Crippen LogP contribution is -2.40. The van der Waals surface area contributed by atoms with E-state index in [0.29, 0.717) is 43.1 Å². The second kappa shape index (κ2) is 12.7. The van der Waals surface area contributed by atoms with Gasteiger partial charge in [-0.1, -0.05) is 90.3 Å². The van der Waals surface area contributed by atoms with Crippen molar-refractivity contribution in [2.24, 2.45) is 4.99 Å². The third kappa shape index (κ3) is 5.76. The zero-order valence-corrected chi connectivity index (χ0v) is 29.0. The predicted octanol–water partition coefficient (Wildman–Crippen LogP) is 7.85. The number of fused-ring (bicyclic) bond motifs is 2. The number of carbonyl (C=O) groups is 1. The highest BCUT2D eigenvalue weighted by molar-refractivity contribution is 7.07. The van der Waals surface area contributed by atoms with Crippen molar-refractivity contribution in [1.29, 1.82) is 0 Å². The summed E-state index contributed by atoms with van der Waals surface area (Å²) in [5, 5.41) is 2.07. The fraction of sp³-hybridized carbons (Fsp3) is 0.270. The molecule has 2 aromatic heterocycles. The zero-order chi connectivity index (χ0) is 32.9. The van der Waals surface area contributed by atoms with Crippen LogP contribution in [0.15, 0.2) is 81.7 Å². The Morgan fingerprint density at radius 1 is 1.02 bits per heavy atom. The maximum absolute atomic E-state index is 14.4. The third-order valence-electron chi connectivity index (χ3n) is 8.56. The lowest BCUT2D eigenvalue weighted by Gasteiger charge is -2.25. The van der Waals surface area contributed by atoms with E-state index in [0.717, 1.165) is 38.9 Å². The number of hydrogen-bond acceptors (Lipinski definition) is 5. The molecular formula is C37H35Cl2N3O3S. The Morgan fingerprint density at radius 2 is 1.76 bits per heavy atom. The maximum Gasteiger partial charge on any atom is 0.338 e. The Morgan fingerprint density at radius 3 is 2.43 bits per heavy atom. The van der Waals surface area contributed by atoms with Crippen LogP contribution in [0, 0.1) is 13.8 Å². The van der Waals surface area contributed by atoms with Gasteiger partial charge in [0.1, 0.15) is 0 Å². The number of benzene rings is 3. The molecule has 0 fully saturated rings. The summed E-state index contributed by atoms with van der Waals surface area (Å²) in [6, 6.07) is 19.5. The van der Waals surface area contributed by atoms with Gasteiger partial charge in [0.05, 0.1) is 38.5 Å². The van der Waals surface area contributed by atoms with E-state index in [1.807, 2.05) is 43.3 Å². The van der Waals surface area contributed by atoms with Gasteiger partial charge in [0.2, 0.25) is 0 Å². The molecule has 46 heavy (non-hydrogen) atoms. The predicted molar refractivity (Wildman–Crippen MR) is 188 cm³/mol. The van der Waals surface area contributed by atoms with Gasteiger partial charge in [-0.3, -0.25) is 9.36 Å². The van der Waals surface area contributed by atoms with Crippen LogP contribution < -0.4 is 14.9 Å². The van der Waals surface area contributed by atoms with Crippen LogP contribution in [-0.4, -0.2) is 21.7 Å². The Hall–Kier alpha value is -3.91. The van der Waals surface area contributed by atoms with Crippen molar-refractivity contribution in [2.45, 2.75) is 60.0 Å². The van der Waals surface area contributed by atoms with Crippen LogP contribution in [0.25, 0.3) is 17.0 Å². The minimum absolute atomic E-state index is 0.201. The fourth-order valence-corrected chi connectivity index (χ4v) is 7.48. The van der Waals surface area contributed by atoms with E-state index >= 15 is 0 Å². The van der Waals surface area contributed by atoms with Crippen LogP contribution in [-0.2, 0) is 16.1 Å². The molecule has 1 aliphatic heterocycles. The summed E-state index contributed by atoms with van der Waals surface area (Å²) < 4.78 is 9.89. The lowest BCUT2D eigenvalue weighted by molar-refractivity contribution is -0.139. The second-order valence-corrected chi connectivity index (χ2v) is 13.8. The highest BCUT2D eigenvalue weighted by atomic mass is 35.5. The molecule has 6 rings (SSSR count). The molecule has 1 atom stereocenters. The number of halogens is 2. The Bertz CT molecular complexity index is 2220. The number of esters is 1. The van der Waals surface area contributed by atoms with E-state index in [9.17, 15) is 9.59 Å². The molecule has 6 nitrogen and oxygen atoms in total. The van der Waals surface area contributed by atoms with Crippen LogP contribution in [0.3, 0.4) is 0 Å². The third-order valence-corrected chi connectivity index (χ3v) is 10.3. The summed E-state index contributed by atoms with van der Waals surface area (Å²) in [5.41, 5.74) is 7.91. The smallest absolute Gasteiger partial charge is 0.338 e.